The molecule has 0 amide bonds. The van der Waals surface area contributed by atoms with Gasteiger partial charge in [0.25, 0.3) is 5.69 Å². The first kappa shape index (κ1) is 13.5. The van der Waals surface area contributed by atoms with Crippen molar-refractivity contribution in [1.29, 1.82) is 0 Å². The Labute approximate surface area is 118 Å². The molecule has 2 aromatic rings. The number of rotatable bonds is 3. The van der Waals surface area contributed by atoms with Gasteiger partial charge < -0.3 is 0 Å². The van der Waals surface area contributed by atoms with Crippen LogP contribution in [0.25, 0.3) is 0 Å². The Kier molecular flexibility index (Phi) is 3.83. The predicted octanol–water partition coefficient (Wildman–Crippen LogP) is 4.13. The van der Waals surface area contributed by atoms with Gasteiger partial charge in [0.05, 0.1) is 4.92 Å². The molecule has 2 rings (SSSR count). The SMILES string of the molecule is O=C(c1ccc(Cl)cc1)c1ccc(Cl)c([N+](=O)[O-])c1. The summed E-state index contributed by atoms with van der Waals surface area (Å²) in [7, 11) is 0. The highest BCUT2D eigenvalue weighted by Gasteiger charge is 2.17. The monoisotopic (exact) mass is 295 g/mol. The Morgan fingerprint density at radius 3 is 2.16 bits per heavy atom. The van der Waals surface area contributed by atoms with Crippen molar-refractivity contribution < 1.29 is 9.72 Å². The molecular formula is C13H7Cl2NO3. The number of carbonyl (C=O) groups is 1. The highest BCUT2D eigenvalue weighted by Crippen LogP contribution is 2.26. The summed E-state index contributed by atoms with van der Waals surface area (Å²) in [5.41, 5.74) is 0.320. The van der Waals surface area contributed by atoms with Crippen molar-refractivity contribution in [1.82, 2.24) is 0 Å². The second-order valence-electron chi connectivity index (χ2n) is 3.76. The number of hydrogen-bond acceptors (Lipinski definition) is 3. The molecule has 19 heavy (non-hydrogen) atoms. The van der Waals surface area contributed by atoms with Gasteiger partial charge in [0.1, 0.15) is 5.02 Å². The summed E-state index contributed by atoms with van der Waals surface area (Å²) in [6.45, 7) is 0. The fourth-order valence-corrected chi connectivity index (χ4v) is 1.87. The molecule has 0 N–H and O–H groups in total. The molecule has 0 radical (unpaired) electrons. The summed E-state index contributed by atoms with van der Waals surface area (Å²) < 4.78 is 0. The van der Waals surface area contributed by atoms with Crippen LogP contribution in [0.1, 0.15) is 15.9 Å². The highest BCUT2D eigenvalue weighted by atomic mass is 35.5. The normalized spacial score (nSPS) is 10.2. The van der Waals surface area contributed by atoms with Gasteiger partial charge in [-0.05, 0) is 36.4 Å². The third-order valence-corrected chi connectivity index (χ3v) is 3.08. The van der Waals surface area contributed by atoms with E-state index in [9.17, 15) is 14.9 Å². The lowest BCUT2D eigenvalue weighted by atomic mass is 10.0. The molecule has 0 saturated carbocycles. The Bertz CT molecular complexity index is 653. The number of nitro groups is 1. The Balaban J connectivity index is 2.42. The van der Waals surface area contributed by atoms with Gasteiger partial charge in [0, 0.05) is 22.2 Å². The predicted molar refractivity (Wildman–Crippen MR) is 73.0 cm³/mol. The lowest BCUT2D eigenvalue weighted by molar-refractivity contribution is -0.384. The molecule has 0 aliphatic rings. The molecule has 0 aliphatic heterocycles. The van der Waals surface area contributed by atoms with E-state index in [-0.39, 0.29) is 22.1 Å². The van der Waals surface area contributed by atoms with E-state index in [1.807, 2.05) is 0 Å². The number of carbonyl (C=O) groups excluding carboxylic acids is 1. The minimum Gasteiger partial charge on any atom is -0.289 e. The van der Waals surface area contributed by atoms with Crippen LogP contribution in [0.4, 0.5) is 5.69 Å². The summed E-state index contributed by atoms with van der Waals surface area (Å²) in [6.07, 6.45) is 0. The lowest BCUT2D eigenvalue weighted by Gasteiger charge is -2.02. The molecule has 0 bridgehead atoms. The number of benzene rings is 2. The molecule has 0 aliphatic carbocycles. The van der Waals surface area contributed by atoms with Gasteiger partial charge >= 0.3 is 0 Å². The average Bonchev–Trinajstić information content (AvgIpc) is 2.39. The lowest BCUT2D eigenvalue weighted by Crippen LogP contribution is -2.02. The van der Waals surface area contributed by atoms with Crippen LogP contribution in [0.5, 0.6) is 0 Å². The van der Waals surface area contributed by atoms with Crippen molar-refractivity contribution in [3.8, 4) is 0 Å². The first-order valence-corrected chi connectivity index (χ1v) is 5.99. The van der Waals surface area contributed by atoms with E-state index in [4.69, 9.17) is 23.2 Å². The van der Waals surface area contributed by atoms with Gasteiger partial charge in [-0.15, -0.1) is 0 Å². The van der Waals surface area contributed by atoms with Gasteiger partial charge in [-0.25, -0.2) is 0 Å². The van der Waals surface area contributed by atoms with Crippen LogP contribution in [0.3, 0.4) is 0 Å². The average molecular weight is 296 g/mol. The quantitative estimate of drug-likeness (QED) is 0.486. The standard InChI is InChI=1S/C13H7Cl2NO3/c14-10-4-1-8(2-5-10)13(17)9-3-6-11(15)12(7-9)16(18)19/h1-7H. The van der Waals surface area contributed by atoms with Crippen LogP contribution in [0.2, 0.25) is 10.0 Å². The minimum atomic E-state index is -0.624. The van der Waals surface area contributed by atoms with Crippen LogP contribution >= 0.6 is 23.2 Å². The van der Waals surface area contributed by atoms with Gasteiger partial charge in [-0.1, -0.05) is 23.2 Å². The zero-order chi connectivity index (χ0) is 14.0. The van der Waals surface area contributed by atoms with Crippen LogP contribution in [-0.4, -0.2) is 10.7 Å². The van der Waals surface area contributed by atoms with E-state index in [0.29, 0.717) is 10.6 Å². The number of nitro benzene ring substituents is 1. The Morgan fingerprint density at radius 1 is 1.00 bits per heavy atom. The number of nitrogens with zero attached hydrogens (tertiary/aromatic N) is 1. The van der Waals surface area contributed by atoms with Crippen molar-refractivity contribution in [2.75, 3.05) is 0 Å². The minimum absolute atomic E-state index is 0.00217. The first-order chi connectivity index (χ1) is 8.99. The van der Waals surface area contributed by atoms with Crippen LogP contribution in [0.15, 0.2) is 42.5 Å². The molecule has 0 spiro atoms. The Hall–Kier alpha value is -1.91. The number of halogens is 2. The smallest absolute Gasteiger partial charge is 0.288 e. The molecule has 2 aromatic carbocycles. The molecular weight excluding hydrogens is 289 g/mol. The molecule has 0 unspecified atom stereocenters. The van der Waals surface area contributed by atoms with E-state index in [1.165, 1.54) is 18.2 Å². The molecule has 6 heteroatoms. The van der Waals surface area contributed by atoms with E-state index in [2.05, 4.69) is 0 Å². The maximum atomic E-state index is 12.1. The van der Waals surface area contributed by atoms with E-state index in [0.717, 1.165) is 0 Å². The maximum absolute atomic E-state index is 12.1. The topological polar surface area (TPSA) is 60.2 Å². The molecule has 0 heterocycles. The van der Waals surface area contributed by atoms with E-state index < -0.39 is 4.92 Å². The second kappa shape index (κ2) is 5.38. The van der Waals surface area contributed by atoms with Crippen LogP contribution in [-0.2, 0) is 0 Å². The molecule has 0 saturated heterocycles. The van der Waals surface area contributed by atoms with E-state index >= 15 is 0 Å². The summed E-state index contributed by atoms with van der Waals surface area (Å²) in [4.78, 5) is 22.3. The van der Waals surface area contributed by atoms with Crippen LogP contribution < -0.4 is 0 Å². The highest BCUT2D eigenvalue weighted by molar-refractivity contribution is 6.33. The summed E-state index contributed by atoms with van der Waals surface area (Å²) in [5.74, 6) is -0.323. The summed E-state index contributed by atoms with van der Waals surface area (Å²) in [6, 6.07) is 10.2. The van der Waals surface area contributed by atoms with Crippen molar-refractivity contribution in [2.24, 2.45) is 0 Å². The first-order valence-electron chi connectivity index (χ1n) is 5.23. The van der Waals surface area contributed by atoms with Gasteiger partial charge in [0.2, 0.25) is 0 Å². The zero-order valence-corrected chi connectivity index (χ0v) is 11.0. The third kappa shape index (κ3) is 2.92. The second-order valence-corrected chi connectivity index (χ2v) is 4.60. The van der Waals surface area contributed by atoms with Gasteiger partial charge in [0.15, 0.2) is 5.78 Å². The zero-order valence-electron chi connectivity index (χ0n) is 9.47. The third-order valence-electron chi connectivity index (χ3n) is 2.51. The Morgan fingerprint density at radius 2 is 1.58 bits per heavy atom. The molecule has 0 fully saturated rings. The van der Waals surface area contributed by atoms with Crippen molar-refractivity contribution in [3.05, 3.63) is 73.8 Å². The van der Waals surface area contributed by atoms with Gasteiger partial charge in [-0.3, -0.25) is 14.9 Å². The maximum Gasteiger partial charge on any atom is 0.288 e. The summed E-state index contributed by atoms with van der Waals surface area (Å²) >= 11 is 11.4. The van der Waals surface area contributed by atoms with Crippen molar-refractivity contribution in [2.45, 2.75) is 0 Å². The van der Waals surface area contributed by atoms with E-state index in [1.54, 1.807) is 24.3 Å². The fourth-order valence-electron chi connectivity index (χ4n) is 1.56. The molecule has 4 nitrogen and oxygen atoms in total. The fraction of sp³-hybridized carbons (Fsp3) is 0. The van der Waals surface area contributed by atoms with Crippen molar-refractivity contribution >= 4 is 34.7 Å². The number of ketones is 1. The molecule has 0 atom stereocenters. The molecule has 96 valence electrons. The van der Waals surface area contributed by atoms with Crippen molar-refractivity contribution in [3.63, 3.8) is 0 Å². The summed E-state index contributed by atoms with van der Waals surface area (Å²) in [5, 5.41) is 11.3. The number of hydrogen-bond donors (Lipinski definition) is 0. The van der Waals surface area contributed by atoms with Gasteiger partial charge in [-0.2, -0.15) is 0 Å². The largest absolute Gasteiger partial charge is 0.289 e. The van der Waals surface area contributed by atoms with Crippen LogP contribution in [0, 0.1) is 10.1 Å². The molecule has 0 aromatic heterocycles.